The number of aromatic nitrogens is 2. The standard InChI is InChI=1S/C21H26F2N4O/c1-14-5-3-4-6-16(14)17-12-27(9-10-28-17)20-11-19(26(2)13-18(22)23)24-21(25-20)15-7-8-15/h3-6,11,15,17-18H,7-10,12-13H2,1-2H3. The summed E-state index contributed by atoms with van der Waals surface area (Å²) in [6.07, 6.45) is -0.301. The molecule has 2 heterocycles. The van der Waals surface area contributed by atoms with Crippen LogP contribution in [0.15, 0.2) is 30.3 Å². The number of rotatable bonds is 6. The van der Waals surface area contributed by atoms with E-state index in [-0.39, 0.29) is 12.6 Å². The molecule has 1 unspecified atom stereocenters. The highest BCUT2D eigenvalue weighted by atomic mass is 19.3. The summed E-state index contributed by atoms with van der Waals surface area (Å²) in [4.78, 5) is 13.0. The van der Waals surface area contributed by atoms with Crippen molar-refractivity contribution in [2.75, 3.05) is 43.1 Å². The maximum absolute atomic E-state index is 12.9. The van der Waals surface area contributed by atoms with Gasteiger partial charge in [-0.15, -0.1) is 0 Å². The van der Waals surface area contributed by atoms with E-state index in [0.717, 1.165) is 31.0 Å². The van der Waals surface area contributed by atoms with Crippen molar-refractivity contribution in [3.05, 3.63) is 47.3 Å². The van der Waals surface area contributed by atoms with E-state index in [0.29, 0.717) is 24.9 Å². The van der Waals surface area contributed by atoms with Gasteiger partial charge in [-0.3, -0.25) is 0 Å². The van der Waals surface area contributed by atoms with E-state index in [1.807, 2.05) is 18.2 Å². The van der Waals surface area contributed by atoms with Crippen LogP contribution in [0, 0.1) is 6.92 Å². The summed E-state index contributed by atoms with van der Waals surface area (Å²) < 4.78 is 31.7. The van der Waals surface area contributed by atoms with Gasteiger partial charge in [0, 0.05) is 32.1 Å². The largest absolute Gasteiger partial charge is 0.370 e. The van der Waals surface area contributed by atoms with Crippen LogP contribution in [0.25, 0.3) is 0 Å². The third kappa shape index (κ3) is 4.24. The zero-order valence-corrected chi connectivity index (χ0v) is 16.3. The third-order valence-corrected chi connectivity index (χ3v) is 5.39. The van der Waals surface area contributed by atoms with E-state index in [1.54, 1.807) is 7.05 Å². The van der Waals surface area contributed by atoms with E-state index in [4.69, 9.17) is 9.72 Å². The molecule has 1 saturated heterocycles. The molecular formula is C21H26F2N4O. The lowest BCUT2D eigenvalue weighted by Crippen LogP contribution is -2.39. The molecule has 1 aromatic carbocycles. The SMILES string of the molecule is Cc1ccccc1C1CN(c2cc(N(C)CC(F)F)nc(C3CC3)n2)CCO1. The lowest BCUT2D eigenvalue weighted by molar-refractivity contribution is 0.0391. The number of halogens is 2. The van der Waals surface area contributed by atoms with Crippen molar-refractivity contribution < 1.29 is 13.5 Å². The second-order valence-corrected chi connectivity index (χ2v) is 7.65. The van der Waals surface area contributed by atoms with Gasteiger partial charge < -0.3 is 14.5 Å². The molecule has 0 bridgehead atoms. The summed E-state index contributed by atoms with van der Waals surface area (Å²) >= 11 is 0. The fourth-order valence-electron chi connectivity index (χ4n) is 3.62. The molecule has 0 amide bonds. The summed E-state index contributed by atoms with van der Waals surface area (Å²) in [7, 11) is 1.66. The lowest BCUT2D eigenvalue weighted by atomic mass is 10.0. The Kier molecular flexibility index (Phi) is 5.44. The highest BCUT2D eigenvalue weighted by Crippen LogP contribution is 2.40. The topological polar surface area (TPSA) is 41.5 Å². The molecule has 1 aromatic heterocycles. The third-order valence-electron chi connectivity index (χ3n) is 5.39. The fraction of sp³-hybridized carbons (Fsp3) is 0.524. The number of nitrogens with zero attached hydrogens (tertiary/aromatic N) is 4. The van der Waals surface area contributed by atoms with Gasteiger partial charge in [0.1, 0.15) is 23.6 Å². The van der Waals surface area contributed by atoms with E-state index in [1.165, 1.54) is 16.0 Å². The summed E-state index contributed by atoms with van der Waals surface area (Å²) in [6.45, 7) is 3.76. The summed E-state index contributed by atoms with van der Waals surface area (Å²) in [6, 6.07) is 10.1. The normalized spacial score (nSPS) is 19.9. The molecule has 7 heteroatoms. The van der Waals surface area contributed by atoms with Crippen LogP contribution in [0.5, 0.6) is 0 Å². The maximum atomic E-state index is 12.9. The number of alkyl halides is 2. The number of hydrogen-bond donors (Lipinski definition) is 0. The van der Waals surface area contributed by atoms with Gasteiger partial charge in [-0.05, 0) is 30.9 Å². The number of ether oxygens (including phenoxy) is 1. The second-order valence-electron chi connectivity index (χ2n) is 7.65. The highest BCUT2D eigenvalue weighted by Gasteiger charge is 2.30. The molecule has 2 aliphatic rings. The van der Waals surface area contributed by atoms with Crippen LogP contribution < -0.4 is 9.80 Å². The Morgan fingerprint density at radius 2 is 2.04 bits per heavy atom. The first-order valence-corrected chi connectivity index (χ1v) is 9.81. The average Bonchev–Trinajstić information content (AvgIpc) is 3.53. The van der Waals surface area contributed by atoms with Crippen molar-refractivity contribution in [3.63, 3.8) is 0 Å². The first-order chi connectivity index (χ1) is 13.5. The molecule has 1 atom stereocenters. The van der Waals surface area contributed by atoms with Crippen molar-refractivity contribution >= 4 is 11.6 Å². The minimum Gasteiger partial charge on any atom is -0.370 e. The minimum absolute atomic E-state index is 0.0310. The minimum atomic E-state index is -2.40. The monoisotopic (exact) mass is 388 g/mol. The van der Waals surface area contributed by atoms with E-state index in [9.17, 15) is 8.78 Å². The summed E-state index contributed by atoms with van der Waals surface area (Å²) in [5.41, 5.74) is 2.38. The molecule has 28 heavy (non-hydrogen) atoms. The van der Waals surface area contributed by atoms with Crippen molar-refractivity contribution in [2.24, 2.45) is 0 Å². The number of hydrogen-bond acceptors (Lipinski definition) is 5. The van der Waals surface area contributed by atoms with Crippen LogP contribution in [-0.2, 0) is 4.74 Å². The first kappa shape index (κ1) is 19.1. The first-order valence-electron chi connectivity index (χ1n) is 9.81. The second kappa shape index (κ2) is 7.99. The Morgan fingerprint density at radius 1 is 1.25 bits per heavy atom. The van der Waals surface area contributed by atoms with Crippen molar-refractivity contribution in [1.29, 1.82) is 0 Å². The number of morpholine rings is 1. The number of anilines is 2. The molecule has 4 rings (SSSR count). The molecule has 1 saturated carbocycles. The van der Waals surface area contributed by atoms with Gasteiger partial charge in [-0.1, -0.05) is 24.3 Å². The molecule has 2 aromatic rings. The molecule has 150 valence electrons. The van der Waals surface area contributed by atoms with Crippen LogP contribution in [0.1, 0.15) is 41.8 Å². The Bertz CT molecular complexity index is 828. The van der Waals surface area contributed by atoms with E-state index in [2.05, 4.69) is 28.9 Å². The Morgan fingerprint density at radius 3 is 2.75 bits per heavy atom. The molecule has 0 radical (unpaired) electrons. The Labute approximate surface area is 164 Å². The average molecular weight is 388 g/mol. The smallest absolute Gasteiger partial charge is 0.255 e. The van der Waals surface area contributed by atoms with E-state index < -0.39 is 6.43 Å². The molecule has 5 nitrogen and oxygen atoms in total. The van der Waals surface area contributed by atoms with Gasteiger partial charge in [0.25, 0.3) is 6.43 Å². The van der Waals surface area contributed by atoms with Gasteiger partial charge >= 0.3 is 0 Å². The summed E-state index contributed by atoms with van der Waals surface area (Å²) in [5, 5.41) is 0. The van der Waals surface area contributed by atoms with Crippen LogP contribution in [0.4, 0.5) is 20.4 Å². The molecular weight excluding hydrogens is 362 g/mol. The highest BCUT2D eigenvalue weighted by molar-refractivity contribution is 5.52. The maximum Gasteiger partial charge on any atom is 0.255 e. The molecule has 1 aliphatic heterocycles. The fourth-order valence-corrected chi connectivity index (χ4v) is 3.62. The van der Waals surface area contributed by atoms with E-state index >= 15 is 0 Å². The van der Waals surface area contributed by atoms with Crippen molar-refractivity contribution in [1.82, 2.24) is 9.97 Å². The Hall–Kier alpha value is -2.28. The molecule has 0 N–H and O–H groups in total. The van der Waals surface area contributed by atoms with Crippen molar-refractivity contribution in [2.45, 2.75) is 38.2 Å². The predicted molar refractivity (Wildman–Crippen MR) is 105 cm³/mol. The lowest BCUT2D eigenvalue weighted by Gasteiger charge is -2.35. The van der Waals surface area contributed by atoms with Crippen LogP contribution in [-0.4, -0.2) is 49.7 Å². The number of benzene rings is 1. The quantitative estimate of drug-likeness (QED) is 0.750. The van der Waals surface area contributed by atoms with Crippen molar-refractivity contribution in [3.8, 4) is 0 Å². The molecule has 0 spiro atoms. The van der Waals surface area contributed by atoms with Crippen LogP contribution >= 0.6 is 0 Å². The Balaban J connectivity index is 1.60. The number of aryl methyl sites for hydroxylation is 1. The van der Waals surface area contributed by atoms with Crippen LogP contribution in [0.2, 0.25) is 0 Å². The summed E-state index contributed by atoms with van der Waals surface area (Å²) in [5.74, 6) is 2.49. The van der Waals surface area contributed by atoms with Gasteiger partial charge in [0.05, 0.1) is 13.2 Å². The van der Waals surface area contributed by atoms with Gasteiger partial charge in [-0.2, -0.15) is 0 Å². The predicted octanol–water partition coefficient (Wildman–Crippen LogP) is 3.94. The zero-order valence-electron chi connectivity index (χ0n) is 16.3. The van der Waals surface area contributed by atoms with Gasteiger partial charge in [0.2, 0.25) is 0 Å². The molecule has 2 fully saturated rings. The zero-order chi connectivity index (χ0) is 19.7. The van der Waals surface area contributed by atoms with Crippen LogP contribution in [0.3, 0.4) is 0 Å². The van der Waals surface area contributed by atoms with Gasteiger partial charge in [-0.25, -0.2) is 18.7 Å². The van der Waals surface area contributed by atoms with Gasteiger partial charge in [0.15, 0.2) is 0 Å². The molecule has 1 aliphatic carbocycles.